The molecule has 1 heterocycles. The fourth-order valence-corrected chi connectivity index (χ4v) is 1.47. The lowest BCUT2D eigenvalue weighted by Crippen LogP contribution is -2.26. The van der Waals surface area contributed by atoms with Crippen LogP contribution in [0.4, 0.5) is 5.82 Å². The van der Waals surface area contributed by atoms with Crippen LogP contribution in [0.25, 0.3) is 0 Å². The molecule has 1 aromatic heterocycles. The Morgan fingerprint density at radius 3 is 2.71 bits per heavy atom. The van der Waals surface area contributed by atoms with Crippen molar-refractivity contribution in [2.75, 3.05) is 11.9 Å². The first-order chi connectivity index (χ1) is 7.82. The van der Waals surface area contributed by atoms with Gasteiger partial charge in [0.15, 0.2) is 0 Å². The third-order valence-electron chi connectivity index (χ3n) is 3.13. The van der Waals surface area contributed by atoms with Crippen molar-refractivity contribution >= 4 is 23.0 Å². The van der Waals surface area contributed by atoms with Gasteiger partial charge in [-0.3, -0.25) is 0 Å². The van der Waals surface area contributed by atoms with Crippen molar-refractivity contribution in [2.24, 2.45) is 17.1 Å². The summed E-state index contributed by atoms with van der Waals surface area (Å²) < 4.78 is 0. The Morgan fingerprint density at radius 1 is 1.53 bits per heavy atom. The summed E-state index contributed by atoms with van der Waals surface area (Å²) >= 11 is 5.00. The minimum Gasteiger partial charge on any atom is -0.389 e. The van der Waals surface area contributed by atoms with Gasteiger partial charge in [-0.15, -0.1) is 0 Å². The number of pyridine rings is 1. The van der Waals surface area contributed by atoms with Gasteiger partial charge >= 0.3 is 0 Å². The van der Waals surface area contributed by atoms with Gasteiger partial charge in [0.1, 0.15) is 10.8 Å². The molecular formula is C13H21N3S. The number of thiocarbonyl (C=S) groups is 1. The van der Waals surface area contributed by atoms with E-state index in [2.05, 4.69) is 38.0 Å². The molecule has 1 aromatic rings. The molecule has 0 saturated carbocycles. The molecule has 0 spiro atoms. The van der Waals surface area contributed by atoms with E-state index in [9.17, 15) is 0 Å². The molecule has 4 heteroatoms. The maximum atomic E-state index is 5.66. The van der Waals surface area contributed by atoms with Crippen molar-refractivity contribution in [2.45, 2.75) is 27.7 Å². The van der Waals surface area contributed by atoms with Crippen LogP contribution in [-0.2, 0) is 0 Å². The highest BCUT2D eigenvalue weighted by Gasteiger charge is 2.20. The monoisotopic (exact) mass is 251 g/mol. The maximum Gasteiger partial charge on any atom is 0.136 e. The summed E-state index contributed by atoms with van der Waals surface area (Å²) in [7, 11) is 0. The topological polar surface area (TPSA) is 50.9 Å². The number of hydrogen-bond donors (Lipinski definition) is 2. The first kappa shape index (κ1) is 13.9. The predicted octanol–water partition coefficient (Wildman–Crippen LogP) is 2.81. The number of aromatic nitrogens is 1. The predicted molar refractivity (Wildman–Crippen MR) is 77.2 cm³/mol. The number of nitrogens with zero attached hydrogens (tertiary/aromatic N) is 1. The second kappa shape index (κ2) is 5.45. The van der Waals surface area contributed by atoms with Crippen molar-refractivity contribution in [3.05, 3.63) is 23.9 Å². The molecule has 0 fully saturated rings. The van der Waals surface area contributed by atoms with E-state index >= 15 is 0 Å². The van der Waals surface area contributed by atoms with Gasteiger partial charge in [0.2, 0.25) is 0 Å². The molecule has 0 aliphatic rings. The van der Waals surface area contributed by atoms with E-state index in [4.69, 9.17) is 18.0 Å². The normalized spacial score (nSPS) is 13.2. The van der Waals surface area contributed by atoms with Crippen LogP contribution >= 0.6 is 12.2 Å². The Hall–Kier alpha value is -1.16. The zero-order valence-electron chi connectivity index (χ0n) is 10.9. The van der Waals surface area contributed by atoms with Gasteiger partial charge in [-0.05, 0) is 23.5 Å². The molecular weight excluding hydrogens is 230 g/mol. The quantitative estimate of drug-likeness (QED) is 0.808. The van der Waals surface area contributed by atoms with Crippen molar-refractivity contribution in [3.8, 4) is 0 Å². The van der Waals surface area contributed by atoms with Crippen molar-refractivity contribution in [1.82, 2.24) is 4.98 Å². The number of hydrogen-bond acceptors (Lipinski definition) is 3. The van der Waals surface area contributed by atoms with E-state index < -0.39 is 0 Å². The third kappa shape index (κ3) is 3.97. The van der Waals surface area contributed by atoms with Crippen molar-refractivity contribution < 1.29 is 0 Å². The summed E-state index contributed by atoms with van der Waals surface area (Å²) in [6, 6.07) is 3.73. The van der Waals surface area contributed by atoms with E-state index in [0.717, 1.165) is 17.9 Å². The first-order valence-electron chi connectivity index (χ1n) is 5.81. The molecule has 0 saturated heterocycles. The average molecular weight is 251 g/mol. The zero-order chi connectivity index (χ0) is 13.1. The fourth-order valence-electron chi connectivity index (χ4n) is 1.30. The Kier molecular flexibility index (Phi) is 4.46. The maximum absolute atomic E-state index is 5.66. The summed E-state index contributed by atoms with van der Waals surface area (Å²) in [6.45, 7) is 9.76. The van der Waals surface area contributed by atoms with Crippen LogP contribution in [0, 0.1) is 11.3 Å². The largest absolute Gasteiger partial charge is 0.389 e. The fraction of sp³-hybridized carbons (Fsp3) is 0.538. The Balaban J connectivity index is 2.73. The lowest BCUT2D eigenvalue weighted by Gasteiger charge is -2.27. The molecule has 0 aliphatic heterocycles. The van der Waals surface area contributed by atoms with Crippen LogP contribution in [0.15, 0.2) is 18.3 Å². The molecule has 1 atom stereocenters. The molecule has 3 N–H and O–H groups in total. The zero-order valence-corrected chi connectivity index (χ0v) is 11.8. The molecule has 94 valence electrons. The molecule has 0 radical (unpaired) electrons. The third-order valence-corrected chi connectivity index (χ3v) is 3.35. The second-order valence-electron chi connectivity index (χ2n) is 5.41. The minimum absolute atomic E-state index is 0.269. The van der Waals surface area contributed by atoms with Gasteiger partial charge < -0.3 is 11.1 Å². The molecule has 0 bridgehead atoms. The molecule has 0 amide bonds. The van der Waals surface area contributed by atoms with Crippen LogP contribution < -0.4 is 11.1 Å². The van der Waals surface area contributed by atoms with Crippen molar-refractivity contribution in [3.63, 3.8) is 0 Å². The molecule has 17 heavy (non-hydrogen) atoms. The van der Waals surface area contributed by atoms with E-state index in [1.165, 1.54) is 0 Å². The van der Waals surface area contributed by atoms with Crippen LogP contribution in [-0.4, -0.2) is 16.5 Å². The Morgan fingerprint density at radius 2 is 2.18 bits per heavy atom. The summed E-state index contributed by atoms with van der Waals surface area (Å²) in [4.78, 5) is 4.65. The average Bonchev–Trinajstić information content (AvgIpc) is 2.24. The number of nitrogens with two attached hydrogens (primary N) is 1. The summed E-state index contributed by atoms with van der Waals surface area (Å²) in [5, 5.41) is 3.32. The highest BCUT2D eigenvalue weighted by Crippen LogP contribution is 2.25. The highest BCUT2D eigenvalue weighted by atomic mass is 32.1. The summed E-state index contributed by atoms with van der Waals surface area (Å²) in [5.41, 5.74) is 6.74. The number of rotatable bonds is 4. The van der Waals surface area contributed by atoms with Crippen molar-refractivity contribution in [1.29, 1.82) is 0 Å². The van der Waals surface area contributed by atoms with Gasteiger partial charge in [0.25, 0.3) is 0 Å². The van der Waals surface area contributed by atoms with Gasteiger partial charge in [-0.2, -0.15) is 0 Å². The van der Waals surface area contributed by atoms with E-state index in [1.54, 1.807) is 6.20 Å². The van der Waals surface area contributed by atoms with E-state index in [-0.39, 0.29) is 5.41 Å². The van der Waals surface area contributed by atoms with Crippen LogP contribution in [0.3, 0.4) is 0 Å². The van der Waals surface area contributed by atoms with Crippen LogP contribution in [0.2, 0.25) is 0 Å². The second-order valence-corrected chi connectivity index (χ2v) is 5.85. The molecule has 0 aliphatic carbocycles. The molecule has 3 nitrogen and oxygen atoms in total. The Bertz CT molecular complexity index is 396. The minimum atomic E-state index is 0.269. The molecule has 0 aromatic carbocycles. The van der Waals surface area contributed by atoms with E-state index in [1.807, 2.05) is 12.1 Å². The van der Waals surface area contributed by atoms with Gasteiger partial charge in [0.05, 0.1) is 5.56 Å². The molecule has 1 rings (SSSR count). The SMILES string of the molecule is CC(CNc1ncccc1C(N)=S)C(C)(C)C. The lowest BCUT2D eigenvalue weighted by molar-refractivity contribution is 0.274. The van der Waals surface area contributed by atoms with E-state index in [0.29, 0.717) is 10.9 Å². The standard InChI is InChI=1S/C13H21N3S/c1-9(13(2,3)4)8-16-12-10(11(14)17)6-5-7-15-12/h5-7,9H,8H2,1-4H3,(H2,14,17)(H,15,16). The summed E-state index contributed by atoms with van der Waals surface area (Å²) in [6.07, 6.45) is 1.74. The Labute approximate surface area is 109 Å². The highest BCUT2D eigenvalue weighted by molar-refractivity contribution is 7.80. The number of anilines is 1. The first-order valence-corrected chi connectivity index (χ1v) is 6.22. The number of nitrogens with one attached hydrogen (secondary N) is 1. The smallest absolute Gasteiger partial charge is 0.136 e. The summed E-state index contributed by atoms with van der Waals surface area (Å²) in [5.74, 6) is 1.31. The lowest BCUT2D eigenvalue weighted by atomic mass is 9.82. The molecule has 1 unspecified atom stereocenters. The van der Waals surface area contributed by atoms with Gasteiger partial charge in [-0.1, -0.05) is 39.9 Å². The van der Waals surface area contributed by atoms with Gasteiger partial charge in [-0.25, -0.2) is 4.98 Å². The van der Waals surface area contributed by atoms with Gasteiger partial charge in [0, 0.05) is 12.7 Å². The van der Waals surface area contributed by atoms with Crippen LogP contribution in [0.1, 0.15) is 33.3 Å². The van der Waals surface area contributed by atoms with Crippen LogP contribution in [0.5, 0.6) is 0 Å².